The normalized spacial score (nSPS) is 17.7. The first-order valence-electron chi connectivity index (χ1n) is 8.54. The van der Waals surface area contributed by atoms with Gasteiger partial charge >= 0.3 is 6.03 Å². The van der Waals surface area contributed by atoms with Crippen molar-refractivity contribution in [3.8, 4) is 0 Å². The summed E-state index contributed by atoms with van der Waals surface area (Å²) in [4.78, 5) is 18.6. The molecule has 2 aromatic rings. The number of amides is 2. The number of nitrogens with one attached hydrogen (secondary N) is 1. The topological polar surface area (TPSA) is 68.0 Å². The lowest BCUT2D eigenvalue weighted by Gasteiger charge is -2.17. The first kappa shape index (κ1) is 16.5. The van der Waals surface area contributed by atoms with Crippen LogP contribution in [0.5, 0.6) is 0 Å². The molecule has 130 valence electrons. The number of likely N-dealkylation sites (tertiary alicyclic amines) is 1. The van der Waals surface area contributed by atoms with Crippen LogP contribution >= 0.6 is 0 Å². The minimum atomic E-state index is -0.0134. The Morgan fingerprint density at radius 1 is 1.46 bits per heavy atom. The van der Waals surface area contributed by atoms with Crippen molar-refractivity contribution in [1.29, 1.82) is 0 Å². The summed E-state index contributed by atoms with van der Waals surface area (Å²) in [5.74, 6) is 1.83. The summed E-state index contributed by atoms with van der Waals surface area (Å²) in [5, 5.41) is 7.22. The molecule has 0 saturated carbocycles. The Balaban J connectivity index is 1.52. The lowest BCUT2D eigenvalue weighted by Crippen LogP contribution is -2.38. The summed E-state index contributed by atoms with van der Waals surface area (Å²) in [6.07, 6.45) is 8.68. The van der Waals surface area contributed by atoms with E-state index in [0.29, 0.717) is 18.4 Å². The molecule has 2 amide bonds. The highest BCUT2D eigenvalue weighted by Crippen LogP contribution is 2.26. The van der Waals surface area contributed by atoms with Gasteiger partial charge in [0.05, 0.1) is 12.7 Å². The van der Waals surface area contributed by atoms with E-state index in [2.05, 4.69) is 33.8 Å². The molecule has 0 spiro atoms. The maximum absolute atomic E-state index is 12.4. The molecule has 24 heavy (non-hydrogen) atoms. The molecule has 3 rings (SSSR count). The maximum atomic E-state index is 12.4. The van der Waals surface area contributed by atoms with E-state index in [1.807, 2.05) is 35.2 Å². The molecular formula is C17H26N6O. The number of nitrogens with zero attached hydrogens (tertiary/aromatic N) is 5. The number of carbonyl (C=O) groups is 1. The van der Waals surface area contributed by atoms with Gasteiger partial charge in [0.1, 0.15) is 5.82 Å². The third-order valence-corrected chi connectivity index (χ3v) is 4.43. The van der Waals surface area contributed by atoms with Crippen molar-refractivity contribution in [2.75, 3.05) is 13.1 Å². The summed E-state index contributed by atoms with van der Waals surface area (Å²) in [6, 6.07) is -0.0134. The third-order valence-electron chi connectivity index (χ3n) is 4.43. The molecule has 2 aromatic heterocycles. The van der Waals surface area contributed by atoms with Gasteiger partial charge in [0.15, 0.2) is 0 Å². The molecule has 7 nitrogen and oxygen atoms in total. The average molecular weight is 330 g/mol. The Morgan fingerprint density at radius 3 is 3.00 bits per heavy atom. The Morgan fingerprint density at radius 2 is 2.29 bits per heavy atom. The Labute approximate surface area is 142 Å². The van der Waals surface area contributed by atoms with Gasteiger partial charge in [-0.3, -0.25) is 4.68 Å². The smallest absolute Gasteiger partial charge is 0.317 e. The quantitative estimate of drug-likeness (QED) is 0.911. The van der Waals surface area contributed by atoms with Gasteiger partial charge in [-0.25, -0.2) is 9.78 Å². The van der Waals surface area contributed by atoms with E-state index < -0.39 is 0 Å². The van der Waals surface area contributed by atoms with Gasteiger partial charge in [0.2, 0.25) is 0 Å². The number of hydrogen-bond donors (Lipinski definition) is 1. The largest absolute Gasteiger partial charge is 0.333 e. The van der Waals surface area contributed by atoms with Crippen LogP contribution in [0.1, 0.15) is 37.6 Å². The molecule has 0 aromatic carbocycles. The Kier molecular flexibility index (Phi) is 4.87. The molecule has 1 aliphatic rings. The molecule has 1 N–H and O–H groups in total. The third kappa shape index (κ3) is 3.77. The number of aromatic nitrogens is 4. The van der Waals surface area contributed by atoms with Crippen molar-refractivity contribution >= 4 is 6.03 Å². The predicted octanol–water partition coefficient (Wildman–Crippen LogP) is 1.97. The molecule has 0 aliphatic carbocycles. The number of urea groups is 1. The Bertz CT molecular complexity index is 689. The van der Waals surface area contributed by atoms with E-state index in [4.69, 9.17) is 0 Å². The average Bonchev–Trinajstić information content (AvgIpc) is 3.24. The van der Waals surface area contributed by atoms with E-state index in [1.54, 1.807) is 6.20 Å². The van der Waals surface area contributed by atoms with Crippen LogP contribution in [0.15, 0.2) is 24.8 Å². The summed E-state index contributed by atoms with van der Waals surface area (Å²) in [7, 11) is 1.92. The monoisotopic (exact) mass is 330 g/mol. The lowest BCUT2D eigenvalue weighted by molar-refractivity contribution is 0.207. The molecule has 0 unspecified atom stereocenters. The fraction of sp³-hybridized carbons (Fsp3) is 0.588. The molecule has 1 atom stereocenters. The van der Waals surface area contributed by atoms with Gasteiger partial charge in [-0.05, 0) is 17.9 Å². The van der Waals surface area contributed by atoms with Crippen molar-refractivity contribution in [3.05, 3.63) is 36.2 Å². The van der Waals surface area contributed by atoms with Crippen LogP contribution in [-0.2, 0) is 20.1 Å². The minimum absolute atomic E-state index is 0.0134. The van der Waals surface area contributed by atoms with Crippen molar-refractivity contribution in [2.24, 2.45) is 13.0 Å². The van der Waals surface area contributed by atoms with Gasteiger partial charge in [0, 0.05) is 51.2 Å². The van der Waals surface area contributed by atoms with E-state index in [9.17, 15) is 4.79 Å². The highest BCUT2D eigenvalue weighted by atomic mass is 16.2. The zero-order chi connectivity index (χ0) is 17.1. The van der Waals surface area contributed by atoms with Crippen molar-refractivity contribution < 1.29 is 4.79 Å². The van der Waals surface area contributed by atoms with Crippen LogP contribution in [0.25, 0.3) is 0 Å². The molecular weight excluding hydrogens is 304 g/mol. The van der Waals surface area contributed by atoms with Gasteiger partial charge in [0.25, 0.3) is 0 Å². The van der Waals surface area contributed by atoms with Crippen LogP contribution in [0.4, 0.5) is 4.79 Å². The first-order valence-corrected chi connectivity index (χ1v) is 8.54. The highest BCUT2D eigenvalue weighted by Gasteiger charge is 2.28. The summed E-state index contributed by atoms with van der Waals surface area (Å²) in [5.41, 5.74) is 1.21. The standard InChI is InChI=1S/C17H26N6O/c1-13(2)10-22-7-5-18-16(22)9-19-17(24)23-6-4-14(12-23)15-8-20-21(3)11-15/h5,7-8,11,13-14H,4,6,9-10,12H2,1-3H3,(H,19,24)/t14-/m1/s1. The minimum Gasteiger partial charge on any atom is -0.333 e. The van der Waals surface area contributed by atoms with Crippen LogP contribution in [0, 0.1) is 5.92 Å². The Hall–Kier alpha value is -2.31. The molecule has 0 radical (unpaired) electrons. The van der Waals surface area contributed by atoms with Gasteiger partial charge in [-0.2, -0.15) is 5.10 Å². The number of imidazole rings is 1. The van der Waals surface area contributed by atoms with Crippen molar-refractivity contribution in [3.63, 3.8) is 0 Å². The molecule has 1 fully saturated rings. The van der Waals surface area contributed by atoms with Crippen LogP contribution in [-0.4, -0.2) is 43.4 Å². The molecule has 1 aliphatic heterocycles. The first-order chi connectivity index (χ1) is 11.5. The number of rotatable bonds is 5. The van der Waals surface area contributed by atoms with Gasteiger partial charge in [-0.15, -0.1) is 0 Å². The zero-order valence-corrected chi connectivity index (χ0v) is 14.6. The van der Waals surface area contributed by atoms with Crippen LogP contribution in [0.2, 0.25) is 0 Å². The van der Waals surface area contributed by atoms with Gasteiger partial charge < -0.3 is 14.8 Å². The van der Waals surface area contributed by atoms with E-state index >= 15 is 0 Å². The predicted molar refractivity (Wildman–Crippen MR) is 91.4 cm³/mol. The second-order valence-corrected chi connectivity index (χ2v) is 6.93. The maximum Gasteiger partial charge on any atom is 0.317 e. The molecule has 1 saturated heterocycles. The van der Waals surface area contributed by atoms with E-state index in [-0.39, 0.29) is 6.03 Å². The zero-order valence-electron chi connectivity index (χ0n) is 14.6. The van der Waals surface area contributed by atoms with Gasteiger partial charge in [-0.1, -0.05) is 13.8 Å². The van der Waals surface area contributed by atoms with Crippen LogP contribution in [0.3, 0.4) is 0 Å². The molecule has 0 bridgehead atoms. The lowest BCUT2D eigenvalue weighted by atomic mass is 10.0. The fourth-order valence-corrected chi connectivity index (χ4v) is 3.20. The molecule has 3 heterocycles. The van der Waals surface area contributed by atoms with Crippen molar-refractivity contribution in [1.82, 2.24) is 29.5 Å². The molecule has 7 heteroatoms. The SMILES string of the molecule is CC(C)Cn1ccnc1CNC(=O)N1CC[C@@H](c2cnn(C)c2)C1. The van der Waals surface area contributed by atoms with E-state index in [0.717, 1.165) is 31.9 Å². The summed E-state index contributed by atoms with van der Waals surface area (Å²) < 4.78 is 3.92. The number of hydrogen-bond acceptors (Lipinski definition) is 3. The second-order valence-electron chi connectivity index (χ2n) is 6.93. The highest BCUT2D eigenvalue weighted by molar-refractivity contribution is 5.74. The number of aryl methyl sites for hydroxylation is 1. The van der Waals surface area contributed by atoms with Crippen LogP contribution < -0.4 is 5.32 Å². The number of carbonyl (C=O) groups excluding carboxylic acids is 1. The van der Waals surface area contributed by atoms with Crippen molar-refractivity contribution in [2.45, 2.75) is 39.3 Å². The summed E-state index contributed by atoms with van der Waals surface area (Å²) in [6.45, 7) is 7.25. The summed E-state index contributed by atoms with van der Waals surface area (Å²) >= 11 is 0. The fourth-order valence-electron chi connectivity index (χ4n) is 3.20. The van der Waals surface area contributed by atoms with E-state index in [1.165, 1.54) is 5.56 Å². The second kappa shape index (κ2) is 7.07.